The lowest BCUT2D eigenvalue weighted by atomic mass is 10.1. The molecule has 0 aliphatic carbocycles. The Labute approximate surface area is 127 Å². The summed E-state index contributed by atoms with van der Waals surface area (Å²) in [7, 11) is -1.42. The molecule has 2 rings (SSSR count). The number of nitrogen functional groups attached to an aromatic ring is 1. The molecule has 1 unspecified atom stereocenters. The maximum atomic E-state index is 12.8. The Morgan fingerprint density at radius 1 is 1.29 bits per heavy atom. The van der Waals surface area contributed by atoms with Crippen LogP contribution in [0.2, 0.25) is 0 Å². The summed E-state index contributed by atoms with van der Waals surface area (Å²) in [6.07, 6.45) is 0.942. The number of sulfonamides is 1. The first-order valence-corrected chi connectivity index (χ1v) is 8.78. The normalized spacial score (nSPS) is 21.6. The zero-order chi connectivity index (χ0) is 15.8. The summed E-state index contributed by atoms with van der Waals surface area (Å²) >= 11 is 0. The van der Waals surface area contributed by atoms with E-state index in [9.17, 15) is 8.42 Å². The van der Waals surface area contributed by atoms with Gasteiger partial charge in [-0.05, 0) is 50.6 Å². The third-order valence-corrected chi connectivity index (χ3v) is 6.37. The highest BCUT2D eigenvalue weighted by Crippen LogP contribution is 2.25. The molecule has 0 saturated carbocycles. The van der Waals surface area contributed by atoms with E-state index in [1.165, 1.54) is 0 Å². The van der Waals surface area contributed by atoms with Crippen molar-refractivity contribution in [1.82, 2.24) is 9.21 Å². The molecule has 1 aromatic carbocycles. The van der Waals surface area contributed by atoms with Crippen LogP contribution in [0.3, 0.4) is 0 Å². The number of likely N-dealkylation sites (N-methyl/N-ethyl adjacent to an activating group) is 1. The summed E-state index contributed by atoms with van der Waals surface area (Å²) in [6, 6.07) is 3.58. The van der Waals surface area contributed by atoms with Crippen LogP contribution in [0.1, 0.15) is 24.5 Å². The number of hydrogen-bond acceptors (Lipinski definition) is 4. The zero-order valence-corrected chi connectivity index (χ0v) is 14.1. The maximum Gasteiger partial charge on any atom is 0.243 e. The van der Waals surface area contributed by atoms with Crippen molar-refractivity contribution in [1.29, 1.82) is 0 Å². The van der Waals surface area contributed by atoms with Gasteiger partial charge in [0.05, 0.1) is 4.90 Å². The number of nitrogens with zero attached hydrogens (tertiary/aromatic N) is 2. The van der Waals surface area contributed by atoms with Gasteiger partial charge in [0.15, 0.2) is 0 Å². The smallest absolute Gasteiger partial charge is 0.243 e. The van der Waals surface area contributed by atoms with Gasteiger partial charge in [0.2, 0.25) is 10.0 Å². The van der Waals surface area contributed by atoms with E-state index in [-0.39, 0.29) is 6.04 Å². The molecule has 5 nitrogen and oxygen atoms in total. The summed E-state index contributed by atoms with van der Waals surface area (Å²) in [5, 5.41) is 0. The standard InChI is InChI=1S/C15H25N3O2S/c1-5-13-10-18(7-6-17(13)4)21(19,20)14-8-11(2)12(3)15(16)9-14/h8-9,13H,5-7,10,16H2,1-4H3. The molecule has 0 amide bonds. The number of benzene rings is 1. The Kier molecular flexibility index (Phi) is 4.60. The van der Waals surface area contributed by atoms with Gasteiger partial charge in [-0.2, -0.15) is 4.31 Å². The van der Waals surface area contributed by atoms with E-state index in [0.29, 0.717) is 23.7 Å². The van der Waals surface area contributed by atoms with Crippen LogP contribution in [0.15, 0.2) is 17.0 Å². The lowest BCUT2D eigenvalue weighted by Gasteiger charge is -2.38. The Morgan fingerprint density at radius 3 is 2.52 bits per heavy atom. The summed E-state index contributed by atoms with van der Waals surface area (Å²) in [4.78, 5) is 2.53. The fourth-order valence-electron chi connectivity index (χ4n) is 2.73. The summed E-state index contributed by atoms with van der Waals surface area (Å²) < 4.78 is 27.2. The second-order valence-electron chi connectivity index (χ2n) is 5.86. The van der Waals surface area contributed by atoms with Crippen LogP contribution in [0.5, 0.6) is 0 Å². The summed E-state index contributed by atoms with van der Waals surface area (Å²) in [6.45, 7) is 7.72. The third-order valence-electron chi connectivity index (χ3n) is 4.53. The van der Waals surface area contributed by atoms with Crippen molar-refractivity contribution in [3.05, 3.63) is 23.3 Å². The van der Waals surface area contributed by atoms with Crippen LogP contribution >= 0.6 is 0 Å². The van der Waals surface area contributed by atoms with Crippen molar-refractivity contribution in [3.63, 3.8) is 0 Å². The van der Waals surface area contributed by atoms with Gasteiger partial charge in [-0.1, -0.05) is 6.92 Å². The monoisotopic (exact) mass is 311 g/mol. The van der Waals surface area contributed by atoms with Crippen LogP contribution in [-0.2, 0) is 10.0 Å². The molecule has 1 aliphatic heterocycles. The Balaban J connectivity index is 2.34. The van der Waals surface area contributed by atoms with Gasteiger partial charge in [-0.15, -0.1) is 0 Å². The van der Waals surface area contributed by atoms with E-state index >= 15 is 0 Å². The van der Waals surface area contributed by atoms with Gasteiger partial charge < -0.3 is 10.6 Å². The molecule has 1 saturated heterocycles. The topological polar surface area (TPSA) is 66.6 Å². The van der Waals surface area contributed by atoms with Crippen LogP contribution in [0.4, 0.5) is 5.69 Å². The maximum absolute atomic E-state index is 12.8. The van der Waals surface area contributed by atoms with Gasteiger partial charge in [-0.25, -0.2) is 8.42 Å². The van der Waals surface area contributed by atoms with Gasteiger partial charge >= 0.3 is 0 Å². The van der Waals surface area contributed by atoms with E-state index in [0.717, 1.165) is 24.1 Å². The number of rotatable bonds is 3. The quantitative estimate of drug-likeness (QED) is 0.861. The number of hydrogen-bond donors (Lipinski definition) is 1. The minimum absolute atomic E-state index is 0.275. The lowest BCUT2D eigenvalue weighted by molar-refractivity contribution is 0.144. The highest BCUT2D eigenvalue weighted by atomic mass is 32.2. The SMILES string of the molecule is CCC1CN(S(=O)(=O)c2cc(C)c(C)c(N)c2)CCN1C. The molecular formula is C15H25N3O2S. The Morgan fingerprint density at radius 2 is 1.95 bits per heavy atom. The Hall–Kier alpha value is -1.11. The minimum Gasteiger partial charge on any atom is -0.398 e. The molecule has 1 atom stereocenters. The first-order valence-electron chi connectivity index (χ1n) is 7.34. The average molecular weight is 311 g/mol. The molecule has 2 N–H and O–H groups in total. The molecule has 0 aromatic heterocycles. The van der Waals surface area contributed by atoms with Gasteiger partial charge in [-0.3, -0.25) is 0 Å². The molecule has 21 heavy (non-hydrogen) atoms. The molecule has 1 heterocycles. The van der Waals surface area contributed by atoms with Gasteiger partial charge in [0, 0.05) is 31.4 Å². The molecule has 0 radical (unpaired) electrons. The highest BCUT2D eigenvalue weighted by molar-refractivity contribution is 7.89. The van der Waals surface area contributed by atoms with Gasteiger partial charge in [0.25, 0.3) is 0 Å². The molecule has 118 valence electrons. The van der Waals surface area contributed by atoms with Crippen molar-refractivity contribution in [2.45, 2.75) is 38.1 Å². The highest BCUT2D eigenvalue weighted by Gasteiger charge is 2.32. The van der Waals surface area contributed by atoms with Crippen LogP contribution in [0, 0.1) is 13.8 Å². The fraction of sp³-hybridized carbons (Fsp3) is 0.600. The molecular weight excluding hydrogens is 286 g/mol. The van der Waals surface area contributed by atoms with E-state index in [4.69, 9.17) is 5.73 Å². The number of anilines is 1. The van der Waals surface area contributed by atoms with Crippen LogP contribution in [0.25, 0.3) is 0 Å². The fourth-order valence-corrected chi connectivity index (χ4v) is 4.32. The van der Waals surface area contributed by atoms with Crippen molar-refractivity contribution in [3.8, 4) is 0 Å². The molecule has 0 spiro atoms. The molecule has 6 heteroatoms. The zero-order valence-electron chi connectivity index (χ0n) is 13.3. The van der Waals surface area contributed by atoms with Gasteiger partial charge in [0.1, 0.15) is 0 Å². The first-order chi connectivity index (χ1) is 9.77. The lowest BCUT2D eigenvalue weighted by Crippen LogP contribution is -2.52. The van der Waals surface area contributed by atoms with E-state index < -0.39 is 10.0 Å². The molecule has 0 bridgehead atoms. The Bertz CT molecular complexity index is 605. The third kappa shape index (κ3) is 3.07. The molecule has 1 aliphatic rings. The first kappa shape index (κ1) is 16.3. The van der Waals surface area contributed by atoms with Crippen molar-refractivity contribution in [2.24, 2.45) is 0 Å². The van der Waals surface area contributed by atoms with E-state index in [2.05, 4.69) is 11.8 Å². The van der Waals surface area contributed by atoms with Crippen molar-refractivity contribution < 1.29 is 8.42 Å². The van der Waals surface area contributed by atoms with E-state index in [1.807, 2.05) is 20.9 Å². The van der Waals surface area contributed by atoms with Crippen LogP contribution in [-0.4, -0.2) is 50.3 Å². The number of nitrogens with two attached hydrogens (primary N) is 1. The van der Waals surface area contributed by atoms with Crippen molar-refractivity contribution >= 4 is 15.7 Å². The second kappa shape index (κ2) is 5.94. The second-order valence-corrected chi connectivity index (χ2v) is 7.80. The summed E-state index contributed by atoms with van der Waals surface area (Å²) in [5.41, 5.74) is 8.32. The average Bonchev–Trinajstić information content (AvgIpc) is 2.44. The van der Waals surface area contributed by atoms with Crippen molar-refractivity contribution in [2.75, 3.05) is 32.4 Å². The predicted octanol–water partition coefficient (Wildman–Crippen LogP) is 1.60. The molecule has 1 aromatic rings. The number of piperazine rings is 1. The minimum atomic E-state index is -3.46. The summed E-state index contributed by atoms with van der Waals surface area (Å²) in [5.74, 6) is 0. The number of aryl methyl sites for hydroxylation is 1. The van der Waals surface area contributed by atoms with Crippen LogP contribution < -0.4 is 5.73 Å². The predicted molar refractivity (Wildman–Crippen MR) is 85.8 cm³/mol. The molecule has 1 fully saturated rings. The largest absolute Gasteiger partial charge is 0.398 e. The van der Waals surface area contributed by atoms with E-state index in [1.54, 1.807) is 16.4 Å².